The molecule has 2 aromatic rings. The Balaban J connectivity index is 2.24. The number of hydrogen-bond donors (Lipinski definition) is 4. The van der Waals surface area contributed by atoms with E-state index in [0.29, 0.717) is 22.5 Å². The summed E-state index contributed by atoms with van der Waals surface area (Å²) in [6, 6.07) is 1.62. The van der Waals surface area contributed by atoms with Gasteiger partial charge in [0, 0.05) is 23.8 Å². The fourth-order valence-corrected chi connectivity index (χ4v) is 2.03. The summed E-state index contributed by atoms with van der Waals surface area (Å²) in [7, 11) is -0.437. The molecule has 0 saturated carbocycles. The van der Waals surface area contributed by atoms with Crippen molar-refractivity contribution in [1.29, 1.82) is 0 Å². The second-order valence-electron chi connectivity index (χ2n) is 4.16. The minimum absolute atomic E-state index is 0.200. The van der Waals surface area contributed by atoms with Crippen molar-refractivity contribution in [2.45, 2.75) is 0 Å². The smallest absolute Gasteiger partial charge is 0.275 e. The summed E-state index contributed by atoms with van der Waals surface area (Å²) < 4.78 is 5.09. The predicted octanol–water partition coefficient (Wildman–Crippen LogP) is 1.10. The molecule has 8 nitrogen and oxygen atoms in total. The quantitative estimate of drug-likeness (QED) is 0.464. The van der Waals surface area contributed by atoms with Gasteiger partial charge in [0.25, 0.3) is 5.56 Å². The number of pyridine rings is 1. The first-order valence-corrected chi connectivity index (χ1v) is 7.71. The molecule has 2 heterocycles. The Bertz CT molecular complexity index is 757. The zero-order valence-electron chi connectivity index (χ0n) is 11.7. The first-order valence-electron chi connectivity index (χ1n) is 6.27. The number of anilines is 1. The largest absolute Gasteiger partial charge is 0.481 e. The minimum Gasteiger partial charge on any atom is -0.481 e. The average molecular weight is 322 g/mol. The zero-order valence-corrected chi connectivity index (χ0v) is 12.6. The predicted molar refractivity (Wildman–Crippen MR) is 84.8 cm³/mol. The van der Waals surface area contributed by atoms with Gasteiger partial charge in [-0.15, -0.1) is 0 Å². The van der Waals surface area contributed by atoms with E-state index in [-0.39, 0.29) is 11.7 Å². The van der Waals surface area contributed by atoms with Gasteiger partial charge in [-0.25, -0.2) is 5.10 Å². The Morgan fingerprint density at radius 2 is 2.27 bits per heavy atom. The molecule has 0 radical (unpaired) electrons. The normalized spacial score (nSPS) is 11.8. The van der Waals surface area contributed by atoms with E-state index >= 15 is 0 Å². The lowest BCUT2D eigenvalue weighted by Gasteiger charge is -2.06. The van der Waals surface area contributed by atoms with E-state index in [2.05, 4.69) is 20.5 Å². The van der Waals surface area contributed by atoms with Gasteiger partial charge in [-0.1, -0.05) is 12.2 Å². The number of H-pyrrole nitrogens is 1. The van der Waals surface area contributed by atoms with Crippen LogP contribution in [0.25, 0.3) is 10.8 Å². The number of methoxy groups -OCH3 is 1. The van der Waals surface area contributed by atoms with Crippen LogP contribution in [0.4, 0.5) is 5.82 Å². The molecule has 0 fully saturated rings. The summed E-state index contributed by atoms with van der Waals surface area (Å²) in [6.45, 7) is 0. The molecule has 116 valence electrons. The first-order chi connectivity index (χ1) is 10.6. The Hall–Kier alpha value is -2.28. The fraction of sp³-hybridized carbons (Fsp3) is 0.154. The van der Waals surface area contributed by atoms with Crippen LogP contribution in [0, 0.1) is 0 Å². The number of nitrogens with zero attached hydrogens (tertiary/aromatic N) is 2. The Morgan fingerprint density at radius 3 is 3.00 bits per heavy atom. The van der Waals surface area contributed by atoms with Crippen molar-refractivity contribution in [2.75, 3.05) is 18.6 Å². The number of aromatic nitrogens is 3. The summed E-state index contributed by atoms with van der Waals surface area (Å²) in [5, 5.41) is 9.98. The van der Waals surface area contributed by atoms with Crippen LogP contribution < -0.4 is 15.6 Å². The highest BCUT2D eigenvalue weighted by atomic mass is 31.2. The standard InChI is InChI=1S/C13H15N4O4P/c1-21-10-7-9-8-15-17-13(18)11(9)12(16-10)14-5-3-2-4-6-22(19)20/h2-5,7-8,19-20H,6H2,1H3,(H,14,16)(H,17,18)/b4-2-,5-3-. The number of hydrogen-bond acceptors (Lipinski definition) is 7. The van der Waals surface area contributed by atoms with Crippen LogP contribution >= 0.6 is 8.38 Å². The van der Waals surface area contributed by atoms with E-state index in [9.17, 15) is 4.79 Å². The summed E-state index contributed by atoms with van der Waals surface area (Å²) in [5.74, 6) is 0.701. The van der Waals surface area contributed by atoms with Crippen LogP contribution in [0.1, 0.15) is 0 Å². The summed E-state index contributed by atoms with van der Waals surface area (Å²) in [4.78, 5) is 33.6. The molecule has 4 N–H and O–H groups in total. The van der Waals surface area contributed by atoms with Crippen LogP contribution in [0.15, 0.2) is 41.5 Å². The molecule has 2 aromatic heterocycles. The van der Waals surface area contributed by atoms with E-state index in [1.807, 2.05) is 0 Å². The second-order valence-corrected chi connectivity index (χ2v) is 5.27. The lowest BCUT2D eigenvalue weighted by molar-refractivity contribution is 0.399. The van der Waals surface area contributed by atoms with Gasteiger partial charge in [0.1, 0.15) is 5.82 Å². The topological polar surface area (TPSA) is 120 Å². The van der Waals surface area contributed by atoms with Crippen molar-refractivity contribution in [3.05, 3.63) is 47.0 Å². The minimum atomic E-state index is -1.92. The summed E-state index contributed by atoms with van der Waals surface area (Å²) >= 11 is 0. The van der Waals surface area contributed by atoms with Crippen LogP contribution in [0.2, 0.25) is 0 Å². The Labute approximate surface area is 127 Å². The SMILES string of the molecule is COc1cc2cn[nH]c(=O)c2c(N/C=C\C=C/CP(O)O)n1. The molecule has 0 aliphatic carbocycles. The maximum absolute atomic E-state index is 11.9. The Morgan fingerprint density at radius 1 is 1.45 bits per heavy atom. The van der Waals surface area contributed by atoms with Crippen molar-refractivity contribution >= 4 is 25.0 Å². The van der Waals surface area contributed by atoms with E-state index < -0.39 is 8.38 Å². The number of fused-ring (bicyclic) bond motifs is 1. The molecule has 0 unspecified atom stereocenters. The highest BCUT2D eigenvalue weighted by Gasteiger charge is 2.09. The number of nitrogens with one attached hydrogen (secondary N) is 2. The number of allylic oxidation sites excluding steroid dienone is 3. The molecule has 0 aromatic carbocycles. The maximum Gasteiger partial charge on any atom is 0.275 e. The molecule has 0 bridgehead atoms. The highest BCUT2D eigenvalue weighted by Crippen LogP contribution is 2.22. The lowest BCUT2D eigenvalue weighted by atomic mass is 10.2. The molecule has 22 heavy (non-hydrogen) atoms. The van der Waals surface area contributed by atoms with Gasteiger partial charge in [-0.2, -0.15) is 10.1 Å². The molecular weight excluding hydrogens is 307 g/mol. The Kier molecular flexibility index (Phi) is 5.60. The number of aromatic amines is 1. The van der Waals surface area contributed by atoms with Gasteiger partial charge in [-0.05, 0) is 6.08 Å². The van der Waals surface area contributed by atoms with Crippen molar-refractivity contribution in [1.82, 2.24) is 15.2 Å². The van der Waals surface area contributed by atoms with Crippen LogP contribution in [-0.4, -0.2) is 38.2 Å². The van der Waals surface area contributed by atoms with E-state index in [0.717, 1.165) is 0 Å². The molecule has 0 amide bonds. The van der Waals surface area contributed by atoms with Crippen molar-refractivity contribution in [2.24, 2.45) is 0 Å². The average Bonchev–Trinajstić information content (AvgIpc) is 2.50. The van der Waals surface area contributed by atoms with Crippen molar-refractivity contribution < 1.29 is 14.5 Å². The van der Waals surface area contributed by atoms with Gasteiger partial charge < -0.3 is 19.8 Å². The monoisotopic (exact) mass is 322 g/mol. The van der Waals surface area contributed by atoms with Gasteiger partial charge in [0.05, 0.1) is 18.7 Å². The zero-order chi connectivity index (χ0) is 15.9. The molecular formula is C13H15N4O4P. The van der Waals surface area contributed by atoms with Gasteiger partial charge in [0.15, 0.2) is 8.38 Å². The van der Waals surface area contributed by atoms with Gasteiger partial charge in [-0.3, -0.25) is 4.79 Å². The number of rotatable bonds is 6. The molecule has 9 heteroatoms. The van der Waals surface area contributed by atoms with Crippen molar-refractivity contribution in [3.8, 4) is 5.88 Å². The van der Waals surface area contributed by atoms with Crippen molar-refractivity contribution in [3.63, 3.8) is 0 Å². The third-order valence-electron chi connectivity index (χ3n) is 2.66. The molecule has 0 spiro atoms. The molecule has 0 aliphatic rings. The van der Waals surface area contributed by atoms with Crippen LogP contribution in [0.3, 0.4) is 0 Å². The van der Waals surface area contributed by atoms with Gasteiger partial charge in [0.2, 0.25) is 5.88 Å². The summed E-state index contributed by atoms with van der Waals surface area (Å²) in [6.07, 6.45) is 8.22. The van der Waals surface area contributed by atoms with Crippen LogP contribution in [-0.2, 0) is 0 Å². The third kappa shape index (κ3) is 4.11. The number of ether oxygens (including phenoxy) is 1. The van der Waals surface area contributed by atoms with E-state index in [4.69, 9.17) is 14.5 Å². The second kappa shape index (κ2) is 7.65. The van der Waals surface area contributed by atoms with E-state index in [1.165, 1.54) is 13.3 Å². The lowest BCUT2D eigenvalue weighted by Crippen LogP contribution is -2.11. The fourth-order valence-electron chi connectivity index (χ4n) is 1.72. The van der Waals surface area contributed by atoms with Gasteiger partial charge >= 0.3 is 0 Å². The maximum atomic E-state index is 11.9. The first kappa shape index (κ1) is 16.1. The third-order valence-corrected chi connectivity index (χ3v) is 3.20. The summed E-state index contributed by atoms with van der Waals surface area (Å²) in [5.41, 5.74) is -0.356. The van der Waals surface area contributed by atoms with E-state index in [1.54, 1.807) is 30.5 Å². The highest BCUT2D eigenvalue weighted by molar-refractivity contribution is 7.45. The molecule has 0 aliphatic heterocycles. The molecule has 0 atom stereocenters. The molecule has 2 rings (SSSR count). The molecule has 0 saturated heterocycles. The van der Waals surface area contributed by atoms with Crippen LogP contribution in [0.5, 0.6) is 5.88 Å².